The third-order valence-electron chi connectivity index (χ3n) is 2.88. The molecule has 2 rings (SSSR count). The van der Waals surface area contributed by atoms with Crippen molar-refractivity contribution in [3.8, 4) is 5.75 Å². The van der Waals surface area contributed by atoms with Crippen molar-refractivity contribution in [1.82, 2.24) is 5.32 Å². The summed E-state index contributed by atoms with van der Waals surface area (Å²) in [5.74, 6) is 0.905. The molecule has 1 aliphatic heterocycles. The number of nitrogens with one attached hydrogen (secondary N) is 1. The fraction of sp³-hybridized carbons (Fsp3) is 0.538. The smallest absolute Gasteiger partial charge is 0.118 e. The van der Waals surface area contributed by atoms with Gasteiger partial charge in [-0.2, -0.15) is 0 Å². The number of rotatable bonds is 5. The molecule has 1 aromatic carbocycles. The largest absolute Gasteiger partial charge is 0.497 e. The molecule has 1 saturated heterocycles. The summed E-state index contributed by atoms with van der Waals surface area (Å²) in [6, 6.07) is 8.15. The predicted molar refractivity (Wildman–Crippen MR) is 70.9 cm³/mol. The highest BCUT2D eigenvalue weighted by atomic mass is 35.5. The van der Waals surface area contributed by atoms with Gasteiger partial charge in [-0.25, -0.2) is 0 Å². The van der Waals surface area contributed by atoms with Crippen molar-refractivity contribution in [2.75, 3.05) is 20.3 Å². The molecule has 1 aliphatic rings. The molecule has 1 N–H and O–H groups in total. The Bertz CT molecular complexity index is 310. The zero-order valence-electron chi connectivity index (χ0n) is 10.1. The Kier molecular flexibility index (Phi) is 6.34. The standard InChI is InChI=1S/C13H19NO2.ClH/c1-15-12-6-4-11(5-7-12)9-14-10-13-3-2-8-16-13;/h4-7,13-14H,2-3,8-10H2,1H3;1H. The first-order valence-corrected chi connectivity index (χ1v) is 5.84. The van der Waals surface area contributed by atoms with Crippen LogP contribution in [0.25, 0.3) is 0 Å². The van der Waals surface area contributed by atoms with Gasteiger partial charge < -0.3 is 14.8 Å². The molecule has 1 fully saturated rings. The number of halogens is 1. The molecule has 1 atom stereocenters. The van der Waals surface area contributed by atoms with E-state index in [1.54, 1.807) is 7.11 Å². The second-order valence-electron chi connectivity index (χ2n) is 4.11. The van der Waals surface area contributed by atoms with Crippen molar-refractivity contribution in [3.05, 3.63) is 29.8 Å². The third-order valence-corrected chi connectivity index (χ3v) is 2.88. The second-order valence-corrected chi connectivity index (χ2v) is 4.11. The van der Waals surface area contributed by atoms with Crippen LogP contribution in [0.4, 0.5) is 0 Å². The predicted octanol–water partition coefficient (Wildman–Crippen LogP) is 2.39. The normalized spacial score (nSPS) is 18.8. The number of benzene rings is 1. The lowest BCUT2D eigenvalue weighted by Gasteiger charge is -2.10. The average Bonchev–Trinajstić information content (AvgIpc) is 2.83. The maximum atomic E-state index is 5.54. The molecule has 96 valence electrons. The lowest BCUT2D eigenvalue weighted by molar-refractivity contribution is 0.110. The molecule has 0 aliphatic carbocycles. The monoisotopic (exact) mass is 257 g/mol. The first-order chi connectivity index (χ1) is 7.88. The summed E-state index contributed by atoms with van der Waals surface area (Å²) >= 11 is 0. The first-order valence-electron chi connectivity index (χ1n) is 5.84. The van der Waals surface area contributed by atoms with E-state index in [9.17, 15) is 0 Å². The van der Waals surface area contributed by atoms with Crippen LogP contribution < -0.4 is 10.1 Å². The zero-order chi connectivity index (χ0) is 11.2. The van der Waals surface area contributed by atoms with Crippen molar-refractivity contribution in [1.29, 1.82) is 0 Å². The van der Waals surface area contributed by atoms with Crippen LogP contribution in [0.2, 0.25) is 0 Å². The zero-order valence-corrected chi connectivity index (χ0v) is 11.0. The van der Waals surface area contributed by atoms with Crippen molar-refractivity contribution >= 4 is 12.4 Å². The van der Waals surface area contributed by atoms with E-state index >= 15 is 0 Å². The molecule has 0 radical (unpaired) electrons. The number of ether oxygens (including phenoxy) is 2. The number of hydrogen-bond acceptors (Lipinski definition) is 3. The molecule has 0 bridgehead atoms. The van der Waals surface area contributed by atoms with Crippen LogP contribution in [0.1, 0.15) is 18.4 Å². The summed E-state index contributed by atoms with van der Waals surface area (Å²) in [7, 11) is 1.69. The summed E-state index contributed by atoms with van der Waals surface area (Å²) in [5, 5.41) is 3.42. The van der Waals surface area contributed by atoms with Gasteiger partial charge in [-0.05, 0) is 30.5 Å². The van der Waals surface area contributed by atoms with Crippen LogP contribution in [-0.4, -0.2) is 26.4 Å². The van der Waals surface area contributed by atoms with E-state index in [1.807, 2.05) is 12.1 Å². The number of methoxy groups -OCH3 is 1. The van der Waals surface area contributed by atoms with Crippen LogP contribution in [0.5, 0.6) is 5.75 Å². The maximum absolute atomic E-state index is 5.54. The van der Waals surface area contributed by atoms with E-state index in [0.29, 0.717) is 6.10 Å². The third kappa shape index (κ3) is 4.54. The SMILES string of the molecule is COc1ccc(CNCC2CCCO2)cc1.Cl. The Morgan fingerprint density at radius 1 is 1.35 bits per heavy atom. The molecule has 0 saturated carbocycles. The van der Waals surface area contributed by atoms with Gasteiger partial charge in [-0.3, -0.25) is 0 Å². The molecule has 0 amide bonds. The Labute approximate surface area is 109 Å². The summed E-state index contributed by atoms with van der Waals surface area (Å²) in [4.78, 5) is 0. The summed E-state index contributed by atoms with van der Waals surface area (Å²) in [5.41, 5.74) is 1.28. The molecule has 1 unspecified atom stereocenters. The lowest BCUT2D eigenvalue weighted by atomic mass is 10.2. The highest BCUT2D eigenvalue weighted by molar-refractivity contribution is 5.85. The van der Waals surface area contributed by atoms with Crippen molar-refractivity contribution < 1.29 is 9.47 Å². The van der Waals surface area contributed by atoms with Crippen LogP contribution in [-0.2, 0) is 11.3 Å². The van der Waals surface area contributed by atoms with Crippen LogP contribution in [0.3, 0.4) is 0 Å². The molecule has 3 nitrogen and oxygen atoms in total. The molecular formula is C13H20ClNO2. The van der Waals surface area contributed by atoms with Crippen LogP contribution in [0.15, 0.2) is 24.3 Å². The van der Waals surface area contributed by atoms with Gasteiger partial charge in [0, 0.05) is 19.7 Å². The minimum atomic E-state index is 0. The maximum Gasteiger partial charge on any atom is 0.118 e. The van der Waals surface area contributed by atoms with E-state index < -0.39 is 0 Å². The molecule has 4 heteroatoms. The molecular weight excluding hydrogens is 238 g/mol. The summed E-state index contributed by atoms with van der Waals surface area (Å²) in [6.07, 6.45) is 2.81. The summed E-state index contributed by atoms with van der Waals surface area (Å²) in [6.45, 7) is 2.77. The fourth-order valence-corrected chi connectivity index (χ4v) is 1.93. The minimum absolute atomic E-state index is 0. The minimum Gasteiger partial charge on any atom is -0.497 e. The van der Waals surface area contributed by atoms with Gasteiger partial charge in [-0.15, -0.1) is 12.4 Å². The van der Waals surface area contributed by atoms with E-state index in [0.717, 1.165) is 25.4 Å². The Balaban J connectivity index is 0.00000144. The Morgan fingerprint density at radius 2 is 2.12 bits per heavy atom. The highest BCUT2D eigenvalue weighted by Crippen LogP contribution is 2.12. The van der Waals surface area contributed by atoms with Gasteiger partial charge >= 0.3 is 0 Å². The average molecular weight is 258 g/mol. The van der Waals surface area contributed by atoms with Crippen molar-refractivity contribution in [2.45, 2.75) is 25.5 Å². The van der Waals surface area contributed by atoms with E-state index in [4.69, 9.17) is 9.47 Å². The number of hydrogen-bond donors (Lipinski definition) is 1. The molecule has 0 aromatic heterocycles. The van der Waals surface area contributed by atoms with Crippen molar-refractivity contribution in [3.63, 3.8) is 0 Å². The van der Waals surface area contributed by atoms with Gasteiger partial charge in [0.1, 0.15) is 5.75 Å². The van der Waals surface area contributed by atoms with Gasteiger partial charge in [0.15, 0.2) is 0 Å². The first kappa shape index (κ1) is 14.3. The molecule has 0 spiro atoms. The topological polar surface area (TPSA) is 30.5 Å². The quantitative estimate of drug-likeness (QED) is 0.879. The lowest BCUT2D eigenvalue weighted by Crippen LogP contribution is -2.25. The van der Waals surface area contributed by atoms with E-state index in [-0.39, 0.29) is 12.4 Å². The van der Waals surface area contributed by atoms with Crippen molar-refractivity contribution in [2.24, 2.45) is 0 Å². The summed E-state index contributed by atoms with van der Waals surface area (Å²) < 4.78 is 10.7. The molecule has 1 heterocycles. The highest BCUT2D eigenvalue weighted by Gasteiger charge is 2.14. The van der Waals surface area contributed by atoms with Gasteiger partial charge in [0.05, 0.1) is 13.2 Å². The van der Waals surface area contributed by atoms with Gasteiger partial charge in [0.25, 0.3) is 0 Å². The molecule has 1 aromatic rings. The van der Waals surface area contributed by atoms with E-state index in [2.05, 4.69) is 17.4 Å². The Hall–Kier alpha value is -0.770. The second kappa shape index (κ2) is 7.54. The Morgan fingerprint density at radius 3 is 2.71 bits per heavy atom. The fourth-order valence-electron chi connectivity index (χ4n) is 1.93. The van der Waals surface area contributed by atoms with Crippen LogP contribution >= 0.6 is 12.4 Å². The van der Waals surface area contributed by atoms with Gasteiger partial charge in [0.2, 0.25) is 0 Å². The molecule has 17 heavy (non-hydrogen) atoms. The van der Waals surface area contributed by atoms with Crippen LogP contribution in [0, 0.1) is 0 Å². The van der Waals surface area contributed by atoms with Gasteiger partial charge in [-0.1, -0.05) is 12.1 Å². The van der Waals surface area contributed by atoms with E-state index in [1.165, 1.54) is 18.4 Å².